The van der Waals surface area contributed by atoms with Crippen LogP contribution in [-0.4, -0.2) is 43.8 Å². The van der Waals surface area contributed by atoms with Gasteiger partial charge in [-0.3, -0.25) is 4.90 Å². The van der Waals surface area contributed by atoms with Crippen molar-refractivity contribution in [2.75, 3.05) is 38.2 Å². The fourth-order valence-electron chi connectivity index (χ4n) is 2.87. The summed E-state index contributed by atoms with van der Waals surface area (Å²) in [5.41, 5.74) is 1.93. The number of carbonyl (C=O) groups excluding carboxylic acids is 1. The van der Waals surface area contributed by atoms with Gasteiger partial charge in [0.1, 0.15) is 0 Å². The zero-order chi connectivity index (χ0) is 16.8. The Balaban J connectivity index is 1.59. The van der Waals surface area contributed by atoms with Gasteiger partial charge < -0.3 is 15.4 Å². The van der Waals surface area contributed by atoms with Crippen LogP contribution in [0.4, 0.5) is 10.5 Å². The molecule has 1 aliphatic rings. The summed E-state index contributed by atoms with van der Waals surface area (Å²) in [6.07, 6.45) is 0. The van der Waals surface area contributed by atoms with Gasteiger partial charge in [-0.2, -0.15) is 0 Å². The van der Waals surface area contributed by atoms with Crippen molar-refractivity contribution in [2.45, 2.75) is 13.0 Å². The van der Waals surface area contributed by atoms with E-state index in [0.717, 1.165) is 37.6 Å². The van der Waals surface area contributed by atoms with Crippen LogP contribution in [0.15, 0.2) is 41.8 Å². The van der Waals surface area contributed by atoms with Crippen LogP contribution in [0.25, 0.3) is 0 Å². The Kier molecular flexibility index (Phi) is 5.85. The minimum Gasteiger partial charge on any atom is -0.379 e. The molecule has 2 aromatic rings. The molecule has 128 valence electrons. The average molecular weight is 345 g/mol. The maximum Gasteiger partial charge on any atom is 0.319 e. The summed E-state index contributed by atoms with van der Waals surface area (Å²) in [6, 6.07) is 12.0. The maximum absolute atomic E-state index is 12.2. The fraction of sp³-hybridized carbons (Fsp3) is 0.389. The number of nitrogens with zero attached hydrogens (tertiary/aromatic N) is 1. The number of morpholine rings is 1. The highest BCUT2D eigenvalue weighted by Gasteiger charge is 2.23. The molecular weight excluding hydrogens is 322 g/mol. The van der Waals surface area contributed by atoms with Gasteiger partial charge in [0.05, 0.1) is 19.3 Å². The van der Waals surface area contributed by atoms with Gasteiger partial charge in [0, 0.05) is 30.2 Å². The minimum absolute atomic E-state index is 0.171. The largest absolute Gasteiger partial charge is 0.379 e. The van der Waals surface area contributed by atoms with E-state index in [2.05, 4.69) is 33.0 Å². The van der Waals surface area contributed by atoms with Crippen LogP contribution >= 0.6 is 11.3 Å². The number of carbonyl (C=O) groups is 1. The van der Waals surface area contributed by atoms with Crippen LogP contribution in [0, 0.1) is 6.92 Å². The molecule has 0 spiro atoms. The Morgan fingerprint density at radius 2 is 2.12 bits per heavy atom. The summed E-state index contributed by atoms with van der Waals surface area (Å²) >= 11 is 1.73. The molecule has 2 amide bonds. The van der Waals surface area contributed by atoms with Crippen molar-refractivity contribution in [1.29, 1.82) is 0 Å². The van der Waals surface area contributed by atoms with Crippen molar-refractivity contribution >= 4 is 23.1 Å². The number of benzene rings is 1. The van der Waals surface area contributed by atoms with Gasteiger partial charge in [-0.15, -0.1) is 11.3 Å². The molecular formula is C18H23N3O2S. The highest BCUT2D eigenvalue weighted by molar-refractivity contribution is 7.10. The summed E-state index contributed by atoms with van der Waals surface area (Å²) < 4.78 is 5.45. The summed E-state index contributed by atoms with van der Waals surface area (Å²) in [7, 11) is 0. The molecule has 1 atom stereocenters. The number of hydrogen-bond acceptors (Lipinski definition) is 4. The zero-order valence-corrected chi connectivity index (χ0v) is 14.6. The SMILES string of the molecule is Cc1cccc(NC(=O)NCC(c2cccs2)N2CCOCC2)c1. The van der Waals surface area contributed by atoms with E-state index in [-0.39, 0.29) is 12.1 Å². The second kappa shape index (κ2) is 8.28. The van der Waals surface area contributed by atoms with Crippen LogP contribution in [0.2, 0.25) is 0 Å². The van der Waals surface area contributed by atoms with E-state index in [9.17, 15) is 4.79 Å². The van der Waals surface area contributed by atoms with Crippen LogP contribution in [-0.2, 0) is 4.74 Å². The number of ether oxygens (including phenoxy) is 1. The Morgan fingerprint density at radius 1 is 1.29 bits per heavy atom. The first-order valence-electron chi connectivity index (χ1n) is 8.19. The number of anilines is 1. The molecule has 1 aromatic heterocycles. The van der Waals surface area contributed by atoms with E-state index in [1.165, 1.54) is 4.88 Å². The smallest absolute Gasteiger partial charge is 0.319 e. The van der Waals surface area contributed by atoms with Gasteiger partial charge >= 0.3 is 6.03 Å². The predicted molar refractivity (Wildman–Crippen MR) is 97.7 cm³/mol. The molecule has 1 saturated heterocycles. The molecule has 0 saturated carbocycles. The number of thiophene rings is 1. The van der Waals surface area contributed by atoms with E-state index < -0.39 is 0 Å². The number of rotatable bonds is 5. The summed E-state index contributed by atoms with van der Waals surface area (Å²) in [6.45, 7) is 5.87. The first kappa shape index (κ1) is 17.0. The van der Waals surface area contributed by atoms with E-state index in [4.69, 9.17) is 4.74 Å². The summed E-state index contributed by atoms with van der Waals surface area (Å²) in [5.74, 6) is 0. The first-order chi connectivity index (χ1) is 11.7. The quantitative estimate of drug-likeness (QED) is 0.875. The van der Waals surface area contributed by atoms with Crippen molar-refractivity contribution < 1.29 is 9.53 Å². The summed E-state index contributed by atoms with van der Waals surface area (Å²) in [4.78, 5) is 15.9. The molecule has 0 aliphatic carbocycles. The normalized spacial score (nSPS) is 16.5. The molecule has 1 unspecified atom stereocenters. The zero-order valence-electron chi connectivity index (χ0n) is 13.8. The van der Waals surface area contributed by atoms with Crippen LogP contribution in [0.5, 0.6) is 0 Å². The standard InChI is InChI=1S/C18H23N3O2S/c1-14-4-2-5-15(12-14)20-18(22)19-13-16(17-6-3-11-24-17)21-7-9-23-10-8-21/h2-6,11-12,16H,7-10,13H2,1H3,(H2,19,20,22). The molecule has 6 heteroatoms. The van der Waals surface area contributed by atoms with Gasteiger partial charge in [0.15, 0.2) is 0 Å². The van der Waals surface area contributed by atoms with Crippen molar-refractivity contribution in [3.63, 3.8) is 0 Å². The van der Waals surface area contributed by atoms with Crippen molar-refractivity contribution in [3.05, 3.63) is 52.2 Å². The highest BCUT2D eigenvalue weighted by Crippen LogP contribution is 2.25. The van der Waals surface area contributed by atoms with E-state index in [1.54, 1.807) is 11.3 Å². The Morgan fingerprint density at radius 3 is 2.83 bits per heavy atom. The van der Waals surface area contributed by atoms with Gasteiger partial charge in [-0.1, -0.05) is 18.2 Å². The molecule has 0 radical (unpaired) electrons. The average Bonchev–Trinajstić information content (AvgIpc) is 3.10. The molecule has 3 rings (SSSR count). The van der Waals surface area contributed by atoms with Crippen molar-refractivity contribution in [3.8, 4) is 0 Å². The van der Waals surface area contributed by atoms with E-state index in [1.807, 2.05) is 31.2 Å². The topological polar surface area (TPSA) is 53.6 Å². The third-order valence-corrected chi connectivity index (χ3v) is 5.06. The monoisotopic (exact) mass is 345 g/mol. The van der Waals surface area contributed by atoms with E-state index in [0.29, 0.717) is 6.54 Å². The number of aryl methyl sites for hydroxylation is 1. The number of amides is 2. The number of nitrogens with one attached hydrogen (secondary N) is 2. The van der Waals surface area contributed by atoms with Crippen molar-refractivity contribution in [2.24, 2.45) is 0 Å². The molecule has 2 N–H and O–H groups in total. The van der Waals surface area contributed by atoms with Crippen molar-refractivity contribution in [1.82, 2.24) is 10.2 Å². The molecule has 24 heavy (non-hydrogen) atoms. The lowest BCUT2D eigenvalue weighted by Gasteiger charge is -2.34. The molecule has 5 nitrogen and oxygen atoms in total. The fourth-order valence-corrected chi connectivity index (χ4v) is 3.73. The summed E-state index contributed by atoms with van der Waals surface area (Å²) in [5, 5.41) is 7.99. The van der Waals surface area contributed by atoms with Gasteiger partial charge in [-0.25, -0.2) is 4.79 Å². The van der Waals surface area contributed by atoms with Gasteiger partial charge in [0.25, 0.3) is 0 Å². The second-order valence-electron chi connectivity index (χ2n) is 5.88. The van der Waals surface area contributed by atoms with Gasteiger partial charge in [0.2, 0.25) is 0 Å². The Hall–Kier alpha value is -1.89. The molecule has 2 heterocycles. The molecule has 1 aliphatic heterocycles. The lowest BCUT2D eigenvalue weighted by Crippen LogP contribution is -2.44. The number of urea groups is 1. The van der Waals surface area contributed by atoms with E-state index >= 15 is 0 Å². The Labute approximate surface area is 146 Å². The first-order valence-corrected chi connectivity index (χ1v) is 9.07. The highest BCUT2D eigenvalue weighted by atomic mass is 32.1. The molecule has 1 fully saturated rings. The van der Waals surface area contributed by atoms with Crippen LogP contribution in [0.1, 0.15) is 16.5 Å². The number of hydrogen-bond donors (Lipinski definition) is 2. The lowest BCUT2D eigenvalue weighted by molar-refractivity contribution is 0.0175. The predicted octanol–water partition coefficient (Wildman–Crippen LogP) is 3.25. The lowest BCUT2D eigenvalue weighted by atomic mass is 10.2. The maximum atomic E-state index is 12.2. The molecule has 1 aromatic carbocycles. The molecule has 0 bridgehead atoms. The van der Waals surface area contributed by atoms with Gasteiger partial charge in [-0.05, 0) is 36.1 Å². The second-order valence-corrected chi connectivity index (χ2v) is 6.86. The van der Waals surface area contributed by atoms with Crippen LogP contribution in [0.3, 0.4) is 0 Å². The third kappa shape index (κ3) is 4.56. The minimum atomic E-state index is -0.171. The van der Waals surface area contributed by atoms with Crippen LogP contribution < -0.4 is 10.6 Å². The Bertz CT molecular complexity index is 654. The third-order valence-electron chi connectivity index (χ3n) is 4.09.